The van der Waals surface area contributed by atoms with Gasteiger partial charge >= 0.3 is 0 Å². The lowest BCUT2D eigenvalue weighted by Crippen LogP contribution is -2.35. The molecule has 3 atom stereocenters. The normalized spacial score (nSPS) is 22.6. The first-order valence-corrected chi connectivity index (χ1v) is 10.2. The van der Waals surface area contributed by atoms with Crippen LogP contribution in [0.1, 0.15) is 18.9 Å². The molecule has 150 valence electrons. The molecule has 0 radical (unpaired) electrons. The Morgan fingerprint density at radius 2 is 1.80 bits per heavy atom. The number of hydrogen-bond acceptors (Lipinski definition) is 7. The third-order valence-corrected chi connectivity index (χ3v) is 6.14. The van der Waals surface area contributed by atoms with Gasteiger partial charge in [0.15, 0.2) is 5.65 Å². The number of ether oxygens (including phenoxy) is 1. The first-order chi connectivity index (χ1) is 14.8. The predicted molar refractivity (Wildman–Crippen MR) is 113 cm³/mol. The fraction of sp³-hybridized carbons (Fsp3) is 0.273. The Bertz CT molecular complexity index is 1210. The lowest BCUT2D eigenvalue weighted by atomic mass is 10.1. The SMILES string of the molecule is Nc1ncnc2c1c(-c1ccc(Oc3ccncc3)cc1)nn2C1CC2CNC1C2. The summed E-state index contributed by atoms with van der Waals surface area (Å²) in [6.07, 6.45) is 7.25. The second-order valence-corrected chi connectivity index (χ2v) is 7.98. The van der Waals surface area contributed by atoms with Crippen molar-refractivity contribution in [1.29, 1.82) is 0 Å². The molecule has 3 aromatic heterocycles. The van der Waals surface area contributed by atoms with Crippen molar-refractivity contribution < 1.29 is 4.74 Å². The van der Waals surface area contributed by atoms with Crippen molar-refractivity contribution in [2.75, 3.05) is 12.3 Å². The number of nitrogens with two attached hydrogens (primary N) is 1. The lowest BCUT2D eigenvalue weighted by molar-refractivity contribution is 0.342. The topological polar surface area (TPSA) is 104 Å². The summed E-state index contributed by atoms with van der Waals surface area (Å²) in [5, 5.41) is 9.40. The minimum atomic E-state index is 0.295. The van der Waals surface area contributed by atoms with Gasteiger partial charge in [-0.1, -0.05) is 0 Å². The molecule has 2 fully saturated rings. The molecule has 8 nitrogen and oxygen atoms in total. The van der Waals surface area contributed by atoms with Gasteiger partial charge in [0.2, 0.25) is 0 Å². The summed E-state index contributed by atoms with van der Waals surface area (Å²) < 4.78 is 7.93. The van der Waals surface area contributed by atoms with E-state index < -0.39 is 0 Å². The summed E-state index contributed by atoms with van der Waals surface area (Å²) in [4.78, 5) is 12.8. The van der Waals surface area contributed by atoms with Crippen molar-refractivity contribution in [3.63, 3.8) is 0 Å². The van der Waals surface area contributed by atoms with Gasteiger partial charge in [-0.25, -0.2) is 14.6 Å². The molecule has 0 amide bonds. The monoisotopic (exact) mass is 399 g/mol. The average Bonchev–Trinajstić information content (AvgIpc) is 3.50. The molecule has 8 heteroatoms. The molecule has 1 aliphatic carbocycles. The second kappa shape index (κ2) is 6.77. The average molecular weight is 399 g/mol. The van der Waals surface area contributed by atoms with Crippen molar-refractivity contribution in [3.8, 4) is 22.8 Å². The summed E-state index contributed by atoms with van der Waals surface area (Å²) in [6.45, 7) is 1.10. The Hall–Kier alpha value is -3.52. The van der Waals surface area contributed by atoms with Gasteiger partial charge in [-0.15, -0.1) is 0 Å². The molecule has 3 N–H and O–H groups in total. The summed E-state index contributed by atoms with van der Waals surface area (Å²) in [5.74, 6) is 2.66. The third kappa shape index (κ3) is 2.80. The first-order valence-electron chi connectivity index (χ1n) is 10.2. The molecule has 1 aliphatic heterocycles. The molecule has 6 rings (SSSR count). The van der Waals surface area contributed by atoms with Crippen LogP contribution in [0, 0.1) is 5.92 Å². The predicted octanol–water partition coefficient (Wildman–Crippen LogP) is 3.19. The number of pyridine rings is 1. The number of aromatic nitrogens is 5. The van der Waals surface area contributed by atoms with Crippen LogP contribution in [0.2, 0.25) is 0 Å². The van der Waals surface area contributed by atoms with Gasteiger partial charge in [0, 0.05) is 24.0 Å². The number of anilines is 1. The minimum absolute atomic E-state index is 0.295. The highest BCUT2D eigenvalue weighted by atomic mass is 16.5. The van der Waals surface area contributed by atoms with Crippen LogP contribution in [-0.4, -0.2) is 37.3 Å². The van der Waals surface area contributed by atoms with Gasteiger partial charge < -0.3 is 15.8 Å². The van der Waals surface area contributed by atoms with E-state index in [1.165, 1.54) is 12.7 Å². The lowest BCUT2D eigenvalue weighted by Gasteiger charge is -2.23. The van der Waals surface area contributed by atoms with Crippen LogP contribution in [0.5, 0.6) is 11.5 Å². The van der Waals surface area contributed by atoms with E-state index in [9.17, 15) is 0 Å². The Balaban J connectivity index is 1.39. The maximum atomic E-state index is 6.26. The molecular weight excluding hydrogens is 378 g/mol. The van der Waals surface area contributed by atoms with Crippen molar-refractivity contribution in [1.82, 2.24) is 30.0 Å². The highest BCUT2D eigenvalue weighted by Crippen LogP contribution is 2.42. The van der Waals surface area contributed by atoms with E-state index in [4.69, 9.17) is 15.6 Å². The number of hydrogen-bond donors (Lipinski definition) is 2. The molecule has 2 bridgehead atoms. The Morgan fingerprint density at radius 3 is 2.53 bits per heavy atom. The summed E-state index contributed by atoms with van der Waals surface area (Å²) in [7, 11) is 0. The van der Waals surface area contributed by atoms with Gasteiger partial charge in [-0.2, -0.15) is 5.10 Å². The largest absolute Gasteiger partial charge is 0.457 e. The second-order valence-electron chi connectivity index (χ2n) is 7.98. The number of nitrogens with one attached hydrogen (secondary N) is 1. The van der Waals surface area contributed by atoms with Gasteiger partial charge in [0.1, 0.15) is 29.3 Å². The maximum Gasteiger partial charge on any atom is 0.164 e. The molecule has 2 aliphatic rings. The van der Waals surface area contributed by atoms with Crippen LogP contribution in [0.3, 0.4) is 0 Å². The molecule has 4 heterocycles. The number of nitrogens with zero attached hydrogens (tertiary/aromatic N) is 5. The van der Waals surface area contributed by atoms with E-state index in [1.807, 2.05) is 36.4 Å². The summed E-state index contributed by atoms with van der Waals surface area (Å²) in [5.41, 5.74) is 8.83. The quantitative estimate of drug-likeness (QED) is 0.543. The van der Waals surface area contributed by atoms with Crippen molar-refractivity contribution >= 4 is 16.9 Å². The fourth-order valence-electron chi connectivity index (χ4n) is 4.74. The molecule has 0 spiro atoms. The van der Waals surface area contributed by atoms with Crippen LogP contribution in [0.25, 0.3) is 22.3 Å². The van der Waals surface area contributed by atoms with Crippen molar-refractivity contribution in [3.05, 3.63) is 55.1 Å². The number of nitrogen functional groups attached to an aromatic ring is 1. The van der Waals surface area contributed by atoms with Gasteiger partial charge in [0.25, 0.3) is 0 Å². The summed E-state index contributed by atoms with van der Waals surface area (Å²) >= 11 is 0. The number of fused-ring (bicyclic) bond motifs is 3. The zero-order valence-electron chi connectivity index (χ0n) is 16.3. The smallest absolute Gasteiger partial charge is 0.164 e. The molecule has 1 saturated heterocycles. The number of benzene rings is 1. The molecule has 3 unspecified atom stereocenters. The van der Waals surface area contributed by atoms with E-state index in [0.717, 1.165) is 46.8 Å². The van der Waals surface area contributed by atoms with E-state index in [1.54, 1.807) is 12.4 Å². The third-order valence-electron chi connectivity index (χ3n) is 6.14. The zero-order valence-corrected chi connectivity index (χ0v) is 16.3. The van der Waals surface area contributed by atoms with Crippen molar-refractivity contribution in [2.45, 2.75) is 24.9 Å². The highest BCUT2D eigenvalue weighted by Gasteiger charge is 2.42. The number of piperidine rings is 1. The molecular formula is C22H21N7O. The standard InChI is InChI=1S/C22H21N7O/c23-21-19-20(14-1-3-15(4-2-14)30-16-5-7-24-8-6-16)28-29(22(19)27-12-26-21)18-10-13-9-17(18)25-11-13/h1-8,12-13,17-18,25H,9-11H2,(H2,23,26,27). The minimum Gasteiger partial charge on any atom is -0.457 e. The Kier molecular flexibility index (Phi) is 3.92. The maximum absolute atomic E-state index is 6.26. The van der Waals surface area contributed by atoms with Crippen LogP contribution < -0.4 is 15.8 Å². The van der Waals surface area contributed by atoms with Gasteiger partial charge in [0.05, 0.1) is 11.4 Å². The van der Waals surface area contributed by atoms with Gasteiger partial charge in [-0.3, -0.25) is 4.98 Å². The Morgan fingerprint density at radius 1 is 1.00 bits per heavy atom. The van der Waals surface area contributed by atoms with Crippen LogP contribution in [-0.2, 0) is 0 Å². The molecule has 4 aromatic rings. The van der Waals surface area contributed by atoms with E-state index >= 15 is 0 Å². The number of rotatable bonds is 4. The van der Waals surface area contributed by atoms with Gasteiger partial charge in [-0.05, 0) is 61.7 Å². The van der Waals surface area contributed by atoms with Crippen LogP contribution in [0.4, 0.5) is 5.82 Å². The Labute approximate surface area is 173 Å². The molecule has 1 saturated carbocycles. The van der Waals surface area contributed by atoms with E-state index in [0.29, 0.717) is 23.8 Å². The molecule has 1 aromatic carbocycles. The summed E-state index contributed by atoms with van der Waals surface area (Å²) in [6, 6.07) is 12.2. The first kappa shape index (κ1) is 17.3. The van der Waals surface area contributed by atoms with Crippen LogP contribution >= 0.6 is 0 Å². The fourth-order valence-corrected chi connectivity index (χ4v) is 4.74. The van der Waals surface area contributed by atoms with Crippen molar-refractivity contribution in [2.24, 2.45) is 5.92 Å². The van der Waals surface area contributed by atoms with Crippen LogP contribution in [0.15, 0.2) is 55.1 Å². The van der Waals surface area contributed by atoms with E-state index in [2.05, 4.69) is 25.0 Å². The zero-order chi connectivity index (χ0) is 20.1. The van der Waals surface area contributed by atoms with E-state index in [-0.39, 0.29) is 0 Å². The molecule has 30 heavy (non-hydrogen) atoms. The highest BCUT2D eigenvalue weighted by molar-refractivity contribution is 5.98.